The van der Waals surface area contributed by atoms with Crippen LogP contribution in [0.15, 0.2) is 5.16 Å². The molecule has 1 rings (SSSR count). The standard InChI is InChI=1S/C9H19N5S/c1-4-8(10-2)6-5-7-15-9-11-12-13-14(9)3/h8,10H,4-7H2,1-3H3. The maximum Gasteiger partial charge on any atom is 0.209 e. The first-order valence-corrected chi connectivity index (χ1v) is 6.29. The largest absolute Gasteiger partial charge is 0.317 e. The van der Waals surface area contributed by atoms with Crippen LogP contribution >= 0.6 is 11.8 Å². The van der Waals surface area contributed by atoms with E-state index in [0.29, 0.717) is 6.04 Å². The summed E-state index contributed by atoms with van der Waals surface area (Å²) in [5.74, 6) is 1.08. The number of thioether (sulfide) groups is 1. The Hall–Kier alpha value is -0.620. The van der Waals surface area contributed by atoms with Crippen LogP contribution in [0.25, 0.3) is 0 Å². The van der Waals surface area contributed by atoms with Gasteiger partial charge >= 0.3 is 0 Å². The second kappa shape index (κ2) is 6.79. The third kappa shape index (κ3) is 4.17. The zero-order valence-electron chi connectivity index (χ0n) is 9.60. The Labute approximate surface area is 95.0 Å². The van der Waals surface area contributed by atoms with Gasteiger partial charge in [-0.3, -0.25) is 0 Å². The van der Waals surface area contributed by atoms with Gasteiger partial charge in [0.15, 0.2) is 0 Å². The minimum Gasteiger partial charge on any atom is -0.317 e. The lowest BCUT2D eigenvalue weighted by Crippen LogP contribution is -2.23. The van der Waals surface area contributed by atoms with Crippen molar-refractivity contribution in [3.8, 4) is 0 Å². The van der Waals surface area contributed by atoms with Gasteiger partial charge in [-0.2, -0.15) is 0 Å². The Kier molecular flexibility index (Phi) is 5.63. The van der Waals surface area contributed by atoms with E-state index in [0.717, 1.165) is 10.9 Å². The van der Waals surface area contributed by atoms with Crippen molar-refractivity contribution in [1.82, 2.24) is 25.5 Å². The van der Waals surface area contributed by atoms with Crippen molar-refractivity contribution in [1.29, 1.82) is 0 Å². The number of hydrogen-bond acceptors (Lipinski definition) is 5. The molecule has 1 unspecified atom stereocenters. The molecular formula is C9H19N5S. The first-order valence-electron chi connectivity index (χ1n) is 5.30. The number of hydrogen-bond donors (Lipinski definition) is 1. The lowest BCUT2D eigenvalue weighted by atomic mass is 10.1. The van der Waals surface area contributed by atoms with Crippen molar-refractivity contribution in [3.63, 3.8) is 0 Å². The molecule has 0 bridgehead atoms. The van der Waals surface area contributed by atoms with E-state index >= 15 is 0 Å². The van der Waals surface area contributed by atoms with Crippen LogP contribution in [0.3, 0.4) is 0 Å². The summed E-state index contributed by atoms with van der Waals surface area (Å²) in [6.45, 7) is 2.21. The lowest BCUT2D eigenvalue weighted by Gasteiger charge is -2.12. The molecule has 1 atom stereocenters. The van der Waals surface area contributed by atoms with Gasteiger partial charge in [-0.05, 0) is 36.7 Å². The fraction of sp³-hybridized carbons (Fsp3) is 0.889. The summed E-state index contributed by atoms with van der Waals surface area (Å²) < 4.78 is 1.71. The van der Waals surface area contributed by atoms with Gasteiger partial charge in [0.25, 0.3) is 0 Å². The van der Waals surface area contributed by atoms with E-state index in [-0.39, 0.29) is 0 Å². The quantitative estimate of drug-likeness (QED) is 0.560. The van der Waals surface area contributed by atoms with Gasteiger partial charge in [-0.1, -0.05) is 18.7 Å². The van der Waals surface area contributed by atoms with Gasteiger partial charge in [0.05, 0.1) is 0 Å². The summed E-state index contributed by atoms with van der Waals surface area (Å²) in [5, 5.41) is 15.5. The van der Waals surface area contributed by atoms with Gasteiger partial charge in [-0.15, -0.1) is 5.10 Å². The SMILES string of the molecule is CCC(CCCSc1nnnn1C)NC. The van der Waals surface area contributed by atoms with Gasteiger partial charge in [0.1, 0.15) is 0 Å². The first kappa shape index (κ1) is 12.4. The van der Waals surface area contributed by atoms with E-state index in [1.54, 1.807) is 16.4 Å². The number of aryl methyl sites for hydroxylation is 1. The van der Waals surface area contributed by atoms with Crippen molar-refractivity contribution in [2.75, 3.05) is 12.8 Å². The Morgan fingerprint density at radius 3 is 2.87 bits per heavy atom. The van der Waals surface area contributed by atoms with Gasteiger partial charge in [-0.25, -0.2) is 4.68 Å². The van der Waals surface area contributed by atoms with Crippen LogP contribution in [0.5, 0.6) is 0 Å². The van der Waals surface area contributed by atoms with E-state index in [1.165, 1.54) is 19.3 Å². The predicted octanol–water partition coefficient (Wildman–Crippen LogP) is 1.08. The monoisotopic (exact) mass is 229 g/mol. The summed E-state index contributed by atoms with van der Waals surface area (Å²) in [4.78, 5) is 0. The molecule has 0 saturated carbocycles. The van der Waals surface area contributed by atoms with Gasteiger partial charge < -0.3 is 5.32 Å². The summed E-state index contributed by atoms with van der Waals surface area (Å²) in [5.41, 5.74) is 0. The maximum atomic E-state index is 3.92. The highest BCUT2D eigenvalue weighted by molar-refractivity contribution is 7.99. The summed E-state index contributed by atoms with van der Waals surface area (Å²) in [6.07, 6.45) is 3.59. The number of aromatic nitrogens is 4. The van der Waals surface area contributed by atoms with Crippen LogP contribution in [-0.4, -0.2) is 39.0 Å². The second-order valence-corrected chi connectivity index (χ2v) is 4.53. The fourth-order valence-corrected chi connectivity index (χ4v) is 2.20. The molecule has 1 N–H and O–H groups in total. The van der Waals surface area contributed by atoms with E-state index in [2.05, 4.69) is 27.8 Å². The molecule has 0 saturated heterocycles. The molecule has 6 heteroatoms. The molecule has 15 heavy (non-hydrogen) atoms. The van der Waals surface area contributed by atoms with Crippen molar-refractivity contribution in [2.24, 2.45) is 7.05 Å². The topological polar surface area (TPSA) is 55.6 Å². The minimum absolute atomic E-state index is 0.642. The molecule has 5 nitrogen and oxygen atoms in total. The first-order chi connectivity index (χ1) is 7.27. The number of rotatable bonds is 7. The van der Waals surface area contributed by atoms with Gasteiger partial charge in [0, 0.05) is 18.8 Å². The minimum atomic E-state index is 0.642. The highest BCUT2D eigenvalue weighted by atomic mass is 32.2. The van der Waals surface area contributed by atoms with Crippen molar-refractivity contribution in [3.05, 3.63) is 0 Å². The summed E-state index contributed by atoms with van der Waals surface area (Å²) >= 11 is 1.72. The Balaban J connectivity index is 2.14. The Morgan fingerprint density at radius 1 is 1.53 bits per heavy atom. The van der Waals surface area contributed by atoms with Crippen LogP contribution in [-0.2, 0) is 7.05 Å². The smallest absolute Gasteiger partial charge is 0.209 e. The van der Waals surface area contributed by atoms with Crippen molar-refractivity contribution in [2.45, 2.75) is 37.4 Å². The lowest BCUT2D eigenvalue weighted by molar-refractivity contribution is 0.504. The second-order valence-electron chi connectivity index (χ2n) is 3.47. The molecule has 0 fully saturated rings. The molecule has 0 aliphatic heterocycles. The third-order valence-electron chi connectivity index (χ3n) is 2.41. The van der Waals surface area contributed by atoms with E-state index in [4.69, 9.17) is 0 Å². The molecule has 0 aliphatic carbocycles. The average molecular weight is 229 g/mol. The molecule has 1 aromatic rings. The third-order valence-corrected chi connectivity index (χ3v) is 3.51. The fourth-order valence-electron chi connectivity index (χ4n) is 1.39. The van der Waals surface area contributed by atoms with E-state index in [1.807, 2.05) is 14.1 Å². The average Bonchev–Trinajstić information content (AvgIpc) is 2.65. The highest BCUT2D eigenvalue weighted by Crippen LogP contribution is 2.15. The van der Waals surface area contributed by atoms with Crippen LogP contribution in [0.1, 0.15) is 26.2 Å². The Morgan fingerprint density at radius 2 is 2.33 bits per heavy atom. The maximum absolute atomic E-state index is 3.92. The molecule has 1 aromatic heterocycles. The number of nitrogens with one attached hydrogen (secondary N) is 1. The van der Waals surface area contributed by atoms with Crippen LogP contribution in [0, 0.1) is 0 Å². The zero-order chi connectivity index (χ0) is 11.1. The summed E-state index contributed by atoms with van der Waals surface area (Å²) in [6, 6.07) is 0.642. The van der Waals surface area contributed by atoms with E-state index < -0.39 is 0 Å². The van der Waals surface area contributed by atoms with Crippen LogP contribution in [0.4, 0.5) is 0 Å². The molecule has 0 amide bonds. The molecule has 86 valence electrons. The number of tetrazole rings is 1. The molecule has 0 aliphatic rings. The number of nitrogens with zero attached hydrogens (tertiary/aromatic N) is 4. The predicted molar refractivity (Wildman–Crippen MR) is 61.9 cm³/mol. The zero-order valence-corrected chi connectivity index (χ0v) is 10.4. The summed E-state index contributed by atoms with van der Waals surface area (Å²) in [7, 11) is 3.89. The Bertz CT molecular complexity index is 271. The van der Waals surface area contributed by atoms with Crippen molar-refractivity contribution >= 4 is 11.8 Å². The van der Waals surface area contributed by atoms with E-state index in [9.17, 15) is 0 Å². The molecule has 0 spiro atoms. The van der Waals surface area contributed by atoms with Crippen molar-refractivity contribution < 1.29 is 0 Å². The molecule has 0 radical (unpaired) electrons. The molecule has 1 heterocycles. The molecule has 0 aromatic carbocycles. The van der Waals surface area contributed by atoms with Gasteiger partial charge in [0.2, 0.25) is 5.16 Å². The van der Waals surface area contributed by atoms with Crippen LogP contribution < -0.4 is 5.32 Å². The molecular weight excluding hydrogens is 210 g/mol. The van der Waals surface area contributed by atoms with Crippen LogP contribution in [0.2, 0.25) is 0 Å². The highest BCUT2D eigenvalue weighted by Gasteiger charge is 2.05. The normalized spacial score (nSPS) is 13.0.